The Kier molecular flexibility index (Phi) is 5.51. The van der Waals surface area contributed by atoms with Crippen LogP contribution in [-0.4, -0.2) is 28.3 Å². The molecular formula is C21H22N4O3. The first-order valence-corrected chi connectivity index (χ1v) is 9.46. The molecule has 1 aliphatic carbocycles. The molecule has 2 atom stereocenters. The molecule has 2 N–H and O–H groups in total. The van der Waals surface area contributed by atoms with Crippen LogP contribution in [0.1, 0.15) is 36.4 Å². The lowest BCUT2D eigenvalue weighted by Gasteiger charge is -2.32. The Hall–Kier alpha value is -3.35. The monoisotopic (exact) mass is 378 g/mol. The Morgan fingerprint density at radius 3 is 2.46 bits per heavy atom. The molecule has 0 radical (unpaired) electrons. The lowest BCUT2D eigenvalue weighted by Crippen LogP contribution is -2.47. The van der Waals surface area contributed by atoms with Crippen LogP contribution in [0.25, 0.3) is 0 Å². The van der Waals surface area contributed by atoms with Gasteiger partial charge in [-0.3, -0.25) is 4.79 Å². The minimum absolute atomic E-state index is 0.0672. The highest BCUT2D eigenvalue weighted by Crippen LogP contribution is 2.24. The van der Waals surface area contributed by atoms with Gasteiger partial charge in [-0.2, -0.15) is 0 Å². The van der Waals surface area contributed by atoms with Crippen LogP contribution in [0.2, 0.25) is 0 Å². The maximum absolute atomic E-state index is 12.6. The van der Waals surface area contributed by atoms with Gasteiger partial charge >= 0.3 is 17.8 Å². The Morgan fingerprint density at radius 2 is 1.68 bits per heavy atom. The third kappa shape index (κ3) is 4.49. The number of anilines is 2. The van der Waals surface area contributed by atoms with E-state index >= 15 is 0 Å². The number of nitrogens with one attached hydrogen (secondary N) is 2. The van der Waals surface area contributed by atoms with Crippen LogP contribution in [0, 0.1) is 0 Å². The normalized spacial score (nSPS) is 19.0. The first-order chi connectivity index (χ1) is 13.8. The van der Waals surface area contributed by atoms with Crippen molar-refractivity contribution in [3.05, 3.63) is 66.6 Å². The SMILES string of the molecule is O=C(NC1CCCCC1Oc1ccccc1)c1nnc(Nc2ccccc2)o1. The number of aromatic nitrogens is 2. The second-order valence-corrected chi connectivity index (χ2v) is 6.74. The van der Waals surface area contributed by atoms with E-state index in [-0.39, 0.29) is 30.0 Å². The van der Waals surface area contributed by atoms with Crippen LogP contribution in [0.5, 0.6) is 5.75 Å². The highest BCUT2D eigenvalue weighted by atomic mass is 16.5. The summed E-state index contributed by atoms with van der Waals surface area (Å²) in [4.78, 5) is 12.6. The molecule has 2 unspecified atom stereocenters. The van der Waals surface area contributed by atoms with E-state index in [0.717, 1.165) is 37.1 Å². The molecule has 1 fully saturated rings. The number of nitrogens with zero attached hydrogens (tertiary/aromatic N) is 2. The third-order valence-electron chi connectivity index (χ3n) is 4.69. The first-order valence-electron chi connectivity index (χ1n) is 9.46. The van der Waals surface area contributed by atoms with Crippen molar-refractivity contribution in [1.82, 2.24) is 15.5 Å². The Bertz CT molecular complexity index is 898. The molecule has 28 heavy (non-hydrogen) atoms. The smallest absolute Gasteiger partial charge is 0.320 e. The van der Waals surface area contributed by atoms with Crippen LogP contribution in [0.3, 0.4) is 0 Å². The molecular weight excluding hydrogens is 356 g/mol. The number of ether oxygens (including phenoxy) is 1. The zero-order valence-corrected chi connectivity index (χ0v) is 15.4. The van der Waals surface area contributed by atoms with Crippen molar-refractivity contribution in [2.45, 2.75) is 37.8 Å². The number of rotatable bonds is 6. The van der Waals surface area contributed by atoms with Crippen molar-refractivity contribution >= 4 is 17.6 Å². The minimum atomic E-state index is -0.387. The average Bonchev–Trinajstić information content (AvgIpc) is 3.20. The standard InChI is InChI=1S/C21H22N4O3/c26-19(20-24-25-21(28-20)22-15-9-3-1-4-10-15)23-17-13-7-8-14-18(17)27-16-11-5-2-6-12-16/h1-6,9-12,17-18H,7-8,13-14H2,(H,22,25)(H,23,26). The minimum Gasteiger partial charge on any atom is -0.488 e. The van der Waals surface area contributed by atoms with Crippen LogP contribution < -0.4 is 15.4 Å². The summed E-state index contributed by atoms with van der Waals surface area (Å²) in [6, 6.07) is 19.2. The molecule has 2 aromatic carbocycles. The molecule has 1 amide bonds. The molecule has 0 aliphatic heterocycles. The van der Waals surface area contributed by atoms with E-state index in [4.69, 9.17) is 9.15 Å². The van der Waals surface area contributed by atoms with Gasteiger partial charge < -0.3 is 19.8 Å². The molecule has 4 rings (SSSR count). The van der Waals surface area contributed by atoms with Gasteiger partial charge in [-0.25, -0.2) is 0 Å². The molecule has 3 aromatic rings. The Morgan fingerprint density at radius 1 is 0.964 bits per heavy atom. The van der Waals surface area contributed by atoms with Gasteiger partial charge in [0.2, 0.25) is 0 Å². The van der Waals surface area contributed by atoms with Crippen molar-refractivity contribution in [1.29, 1.82) is 0 Å². The molecule has 144 valence electrons. The Balaban J connectivity index is 1.39. The number of hydrogen-bond donors (Lipinski definition) is 2. The van der Waals surface area contributed by atoms with E-state index in [0.29, 0.717) is 0 Å². The van der Waals surface area contributed by atoms with Gasteiger partial charge in [0.05, 0.1) is 6.04 Å². The van der Waals surface area contributed by atoms with Gasteiger partial charge in [-0.05, 0) is 43.5 Å². The number of para-hydroxylation sites is 2. The fraction of sp³-hybridized carbons (Fsp3) is 0.286. The van der Waals surface area contributed by atoms with E-state index in [1.54, 1.807) is 0 Å². The maximum atomic E-state index is 12.6. The topological polar surface area (TPSA) is 89.3 Å². The summed E-state index contributed by atoms with van der Waals surface area (Å²) in [5.41, 5.74) is 0.807. The first kappa shape index (κ1) is 18.0. The lowest BCUT2D eigenvalue weighted by atomic mass is 9.92. The van der Waals surface area contributed by atoms with Crippen LogP contribution >= 0.6 is 0 Å². The number of carbonyl (C=O) groups excluding carboxylic acids is 1. The predicted octanol–water partition coefficient (Wildman–Crippen LogP) is 3.93. The quantitative estimate of drug-likeness (QED) is 0.675. The predicted molar refractivity (Wildman–Crippen MR) is 105 cm³/mol. The molecule has 1 heterocycles. The van der Waals surface area contributed by atoms with Gasteiger partial charge in [0.1, 0.15) is 11.9 Å². The molecule has 0 spiro atoms. The molecule has 0 bridgehead atoms. The van der Waals surface area contributed by atoms with Gasteiger partial charge in [0.15, 0.2) is 0 Å². The van der Waals surface area contributed by atoms with Gasteiger partial charge in [-0.15, -0.1) is 5.10 Å². The summed E-state index contributed by atoms with van der Waals surface area (Å²) < 4.78 is 11.6. The zero-order valence-electron chi connectivity index (χ0n) is 15.4. The fourth-order valence-electron chi connectivity index (χ4n) is 3.32. The third-order valence-corrected chi connectivity index (χ3v) is 4.69. The highest BCUT2D eigenvalue weighted by molar-refractivity contribution is 5.89. The summed E-state index contributed by atoms with van der Waals surface area (Å²) in [5, 5.41) is 13.7. The van der Waals surface area contributed by atoms with Gasteiger partial charge in [0.25, 0.3) is 0 Å². The average molecular weight is 378 g/mol. The summed E-state index contributed by atoms with van der Waals surface area (Å²) >= 11 is 0. The van der Waals surface area contributed by atoms with Crippen molar-refractivity contribution in [3.8, 4) is 5.75 Å². The van der Waals surface area contributed by atoms with E-state index < -0.39 is 0 Å². The molecule has 0 saturated heterocycles. The molecule has 1 aromatic heterocycles. The largest absolute Gasteiger partial charge is 0.488 e. The molecule has 7 nitrogen and oxygen atoms in total. The summed E-state index contributed by atoms with van der Waals surface area (Å²) in [6.45, 7) is 0. The van der Waals surface area contributed by atoms with E-state index in [1.165, 1.54) is 0 Å². The number of hydrogen-bond acceptors (Lipinski definition) is 6. The van der Waals surface area contributed by atoms with Crippen molar-refractivity contribution < 1.29 is 13.9 Å². The molecule has 1 saturated carbocycles. The van der Waals surface area contributed by atoms with Crippen LogP contribution in [0.15, 0.2) is 65.1 Å². The lowest BCUT2D eigenvalue weighted by molar-refractivity contribution is 0.0769. The fourth-order valence-corrected chi connectivity index (χ4v) is 3.32. The van der Waals surface area contributed by atoms with Crippen molar-refractivity contribution in [2.24, 2.45) is 0 Å². The van der Waals surface area contributed by atoms with E-state index in [2.05, 4.69) is 20.8 Å². The van der Waals surface area contributed by atoms with Gasteiger partial charge in [-0.1, -0.05) is 47.9 Å². The summed E-state index contributed by atoms with van der Waals surface area (Å²) in [7, 11) is 0. The maximum Gasteiger partial charge on any atom is 0.320 e. The number of carbonyl (C=O) groups is 1. The van der Waals surface area contributed by atoms with Crippen molar-refractivity contribution in [3.63, 3.8) is 0 Å². The summed E-state index contributed by atoms with van der Waals surface area (Å²) in [6.07, 6.45) is 3.79. The van der Waals surface area contributed by atoms with Gasteiger partial charge in [0, 0.05) is 5.69 Å². The van der Waals surface area contributed by atoms with E-state index in [9.17, 15) is 4.79 Å². The second kappa shape index (κ2) is 8.56. The second-order valence-electron chi connectivity index (χ2n) is 6.74. The molecule has 1 aliphatic rings. The summed E-state index contributed by atoms with van der Waals surface area (Å²) in [5.74, 6) is 0.352. The van der Waals surface area contributed by atoms with E-state index in [1.807, 2.05) is 60.7 Å². The Labute approximate surface area is 163 Å². The van der Waals surface area contributed by atoms with Crippen LogP contribution in [-0.2, 0) is 0 Å². The molecule has 7 heteroatoms. The zero-order chi connectivity index (χ0) is 19.2. The van der Waals surface area contributed by atoms with Crippen molar-refractivity contribution in [2.75, 3.05) is 5.32 Å². The van der Waals surface area contributed by atoms with Crippen LogP contribution in [0.4, 0.5) is 11.7 Å². The number of benzene rings is 2. The highest BCUT2D eigenvalue weighted by Gasteiger charge is 2.30. The number of amides is 1.